The Morgan fingerprint density at radius 2 is 2.10 bits per heavy atom. The van der Waals surface area contributed by atoms with Crippen molar-refractivity contribution in [2.75, 3.05) is 40.0 Å². The summed E-state index contributed by atoms with van der Waals surface area (Å²) < 4.78 is 11.0. The largest absolute Gasteiger partial charge is 0.378 e. The number of rotatable bonds is 6. The third-order valence-corrected chi connectivity index (χ3v) is 4.04. The van der Waals surface area contributed by atoms with Crippen LogP contribution in [0.3, 0.4) is 0 Å². The molecule has 2 rings (SSSR count). The van der Waals surface area contributed by atoms with Crippen molar-refractivity contribution < 1.29 is 14.3 Å². The number of hydrogen-bond acceptors (Lipinski definition) is 4. The molecule has 0 radical (unpaired) electrons. The second-order valence-electron chi connectivity index (χ2n) is 5.45. The zero-order valence-electron chi connectivity index (χ0n) is 12.3. The van der Waals surface area contributed by atoms with Crippen LogP contribution in [0.4, 0.5) is 0 Å². The van der Waals surface area contributed by atoms with Crippen LogP contribution in [0.15, 0.2) is 0 Å². The third-order valence-electron chi connectivity index (χ3n) is 4.04. The van der Waals surface area contributed by atoms with Crippen molar-refractivity contribution in [3.63, 3.8) is 0 Å². The van der Waals surface area contributed by atoms with Crippen molar-refractivity contribution in [2.24, 2.45) is 0 Å². The average molecular weight is 307 g/mol. The van der Waals surface area contributed by atoms with Crippen molar-refractivity contribution in [1.29, 1.82) is 0 Å². The molecule has 0 aromatic rings. The van der Waals surface area contributed by atoms with E-state index in [1.807, 2.05) is 11.9 Å². The van der Waals surface area contributed by atoms with E-state index >= 15 is 0 Å². The van der Waals surface area contributed by atoms with Gasteiger partial charge in [-0.15, -0.1) is 12.4 Å². The smallest absolute Gasteiger partial charge is 0.224 e. The zero-order valence-corrected chi connectivity index (χ0v) is 13.1. The van der Waals surface area contributed by atoms with Crippen LogP contribution in [-0.2, 0) is 14.3 Å². The number of carbonyl (C=O) groups is 1. The van der Waals surface area contributed by atoms with Gasteiger partial charge in [-0.05, 0) is 38.8 Å². The van der Waals surface area contributed by atoms with Crippen molar-refractivity contribution in [2.45, 2.75) is 44.2 Å². The van der Waals surface area contributed by atoms with Crippen LogP contribution in [0.2, 0.25) is 0 Å². The summed E-state index contributed by atoms with van der Waals surface area (Å²) in [5.74, 6) is 0.194. The van der Waals surface area contributed by atoms with Crippen molar-refractivity contribution >= 4 is 18.3 Å². The molecule has 1 N–H and O–H groups in total. The fourth-order valence-corrected chi connectivity index (χ4v) is 2.72. The molecule has 0 spiro atoms. The molecule has 6 heteroatoms. The lowest BCUT2D eigenvalue weighted by Gasteiger charge is -2.31. The van der Waals surface area contributed by atoms with Gasteiger partial charge in [0.15, 0.2) is 0 Å². The standard InChI is InChI=1S/C14H26N2O3.ClH/c1-16(12-4-7-15-8-5-12)14(17)6-10-18-11-13-3-2-9-19-13;/h12-13,15H,2-11H2,1H3;1H. The number of halogens is 1. The maximum atomic E-state index is 12.0. The normalized spacial score (nSPS) is 23.4. The number of ether oxygens (including phenoxy) is 2. The molecule has 2 aliphatic rings. The van der Waals surface area contributed by atoms with Gasteiger partial charge in [-0.2, -0.15) is 0 Å². The Balaban J connectivity index is 0.00000200. The van der Waals surface area contributed by atoms with Gasteiger partial charge in [-0.25, -0.2) is 0 Å². The Hall–Kier alpha value is -0.360. The first-order valence-electron chi connectivity index (χ1n) is 7.43. The second kappa shape index (κ2) is 9.55. The number of piperidine rings is 1. The average Bonchev–Trinajstić information content (AvgIpc) is 2.96. The van der Waals surface area contributed by atoms with Gasteiger partial charge in [-0.1, -0.05) is 0 Å². The minimum absolute atomic E-state index is 0. The second-order valence-corrected chi connectivity index (χ2v) is 5.45. The van der Waals surface area contributed by atoms with Crippen LogP contribution in [0, 0.1) is 0 Å². The lowest BCUT2D eigenvalue weighted by atomic mass is 10.1. The number of nitrogens with one attached hydrogen (secondary N) is 1. The lowest BCUT2D eigenvalue weighted by Crippen LogP contribution is -2.44. The van der Waals surface area contributed by atoms with E-state index in [9.17, 15) is 4.79 Å². The van der Waals surface area contributed by atoms with Gasteiger partial charge in [0.05, 0.1) is 25.7 Å². The van der Waals surface area contributed by atoms with E-state index in [-0.39, 0.29) is 24.4 Å². The van der Waals surface area contributed by atoms with E-state index in [0.717, 1.165) is 45.4 Å². The minimum Gasteiger partial charge on any atom is -0.378 e. The molecule has 2 fully saturated rings. The summed E-state index contributed by atoms with van der Waals surface area (Å²) in [6, 6.07) is 0.395. The Morgan fingerprint density at radius 3 is 2.75 bits per heavy atom. The molecule has 1 unspecified atom stereocenters. The Kier molecular flexibility index (Phi) is 8.45. The summed E-state index contributed by atoms with van der Waals surface area (Å²) in [5.41, 5.74) is 0. The summed E-state index contributed by atoms with van der Waals surface area (Å²) in [4.78, 5) is 13.9. The fourth-order valence-electron chi connectivity index (χ4n) is 2.72. The van der Waals surface area contributed by atoms with Crippen molar-refractivity contribution in [1.82, 2.24) is 10.2 Å². The van der Waals surface area contributed by atoms with Gasteiger partial charge in [0.2, 0.25) is 5.91 Å². The van der Waals surface area contributed by atoms with Gasteiger partial charge in [0, 0.05) is 19.7 Å². The number of carbonyl (C=O) groups excluding carboxylic acids is 1. The quantitative estimate of drug-likeness (QED) is 0.749. The first-order valence-corrected chi connectivity index (χ1v) is 7.43. The highest BCUT2D eigenvalue weighted by Crippen LogP contribution is 2.13. The zero-order chi connectivity index (χ0) is 13.5. The topological polar surface area (TPSA) is 50.8 Å². The predicted octanol–water partition coefficient (Wildman–Crippen LogP) is 1.20. The van der Waals surface area contributed by atoms with Gasteiger partial charge >= 0.3 is 0 Å². The molecule has 0 aromatic carbocycles. The van der Waals surface area contributed by atoms with Crippen LogP contribution in [0.1, 0.15) is 32.1 Å². The summed E-state index contributed by atoms with van der Waals surface area (Å²) >= 11 is 0. The van der Waals surface area contributed by atoms with Crippen LogP contribution >= 0.6 is 12.4 Å². The molecule has 2 heterocycles. The highest BCUT2D eigenvalue weighted by Gasteiger charge is 2.21. The van der Waals surface area contributed by atoms with E-state index in [2.05, 4.69) is 5.32 Å². The maximum Gasteiger partial charge on any atom is 0.224 e. The molecular weight excluding hydrogens is 280 g/mol. The van der Waals surface area contributed by atoms with Crippen LogP contribution in [0.25, 0.3) is 0 Å². The molecular formula is C14H27ClN2O3. The predicted molar refractivity (Wildman–Crippen MR) is 80.3 cm³/mol. The van der Waals surface area contributed by atoms with Crippen LogP contribution in [0.5, 0.6) is 0 Å². The minimum atomic E-state index is 0. The molecule has 2 saturated heterocycles. The number of nitrogens with zero attached hydrogens (tertiary/aromatic N) is 1. The molecule has 118 valence electrons. The van der Waals surface area contributed by atoms with Crippen molar-refractivity contribution in [3.05, 3.63) is 0 Å². The van der Waals surface area contributed by atoms with E-state index in [1.54, 1.807) is 0 Å². The van der Waals surface area contributed by atoms with E-state index in [0.29, 0.717) is 25.7 Å². The summed E-state index contributed by atoms with van der Waals surface area (Å²) in [6.45, 7) is 4.01. The molecule has 0 aliphatic carbocycles. The molecule has 2 aliphatic heterocycles. The van der Waals surface area contributed by atoms with Gasteiger partial charge in [0.1, 0.15) is 0 Å². The van der Waals surface area contributed by atoms with Gasteiger partial charge in [-0.3, -0.25) is 4.79 Å². The third kappa shape index (κ3) is 5.56. The van der Waals surface area contributed by atoms with Gasteiger partial charge in [0.25, 0.3) is 0 Å². The molecule has 5 nitrogen and oxygen atoms in total. The van der Waals surface area contributed by atoms with Crippen molar-refractivity contribution in [3.8, 4) is 0 Å². The first-order chi connectivity index (χ1) is 9.27. The summed E-state index contributed by atoms with van der Waals surface area (Å²) in [7, 11) is 1.92. The highest BCUT2D eigenvalue weighted by molar-refractivity contribution is 5.85. The lowest BCUT2D eigenvalue weighted by molar-refractivity contribution is -0.133. The molecule has 0 aromatic heterocycles. The van der Waals surface area contributed by atoms with Gasteiger partial charge < -0.3 is 19.7 Å². The Bertz CT molecular complexity index is 280. The van der Waals surface area contributed by atoms with E-state index < -0.39 is 0 Å². The van der Waals surface area contributed by atoms with E-state index in [1.165, 1.54) is 0 Å². The van der Waals surface area contributed by atoms with Crippen LogP contribution in [-0.4, -0.2) is 62.9 Å². The highest BCUT2D eigenvalue weighted by atomic mass is 35.5. The fraction of sp³-hybridized carbons (Fsp3) is 0.929. The number of hydrogen-bond donors (Lipinski definition) is 1. The van der Waals surface area contributed by atoms with Crippen LogP contribution < -0.4 is 5.32 Å². The Morgan fingerprint density at radius 1 is 1.35 bits per heavy atom. The monoisotopic (exact) mass is 306 g/mol. The summed E-state index contributed by atoms with van der Waals surface area (Å²) in [6.07, 6.45) is 5.05. The maximum absolute atomic E-state index is 12.0. The molecule has 1 atom stereocenters. The molecule has 1 amide bonds. The first kappa shape index (κ1) is 17.7. The molecule has 0 saturated carbocycles. The number of amides is 1. The molecule has 20 heavy (non-hydrogen) atoms. The SMILES string of the molecule is CN(C(=O)CCOCC1CCCO1)C1CCNCC1.Cl. The Labute approximate surface area is 127 Å². The van der Waals surface area contributed by atoms with E-state index in [4.69, 9.17) is 9.47 Å². The summed E-state index contributed by atoms with van der Waals surface area (Å²) in [5, 5.41) is 3.32. The molecule has 0 bridgehead atoms.